The van der Waals surface area contributed by atoms with Crippen LogP contribution in [0.5, 0.6) is 0 Å². The lowest BCUT2D eigenvalue weighted by Crippen LogP contribution is -2.10. The largest absolute Gasteiger partial charge is 0.419 e. The molecule has 0 aliphatic heterocycles. The Kier molecular flexibility index (Phi) is 3.76. The van der Waals surface area contributed by atoms with Crippen LogP contribution < -0.4 is 0 Å². The Morgan fingerprint density at radius 1 is 0.900 bits per heavy atom. The maximum atomic E-state index is 13.5. The molecular weight excluding hydrogens is 279 g/mol. The van der Waals surface area contributed by atoms with Crippen LogP contribution in [0.2, 0.25) is 0 Å². The van der Waals surface area contributed by atoms with Gasteiger partial charge >= 0.3 is 6.18 Å². The summed E-state index contributed by atoms with van der Waals surface area (Å²) in [5.41, 5.74) is -1.90. The summed E-state index contributed by atoms with van der Waals surface area (Å²) in [6.45, 7) is 0. The zero-order valence-electron chi connectivity index (χ0n) is 9.96. The van der Waals surface area contributed by atoms with Crippen molar-refractivity contribution in [2.75, 3.05) is 0 Å². The Balaban J connectivity index is 2.46. The van der Waals surface area contributed by atoms with E-state index >= 15 is 0 Å². The van der Waals surface area contributed by atoms with Gasteiger partial charge in [0.15, 0.2) is 0 Å². The highest BCUT2D eigenvalue weighted by Gasteiger charge is 2.34. The molecule has 0 aliphatic carbocycles. The predicted octanol–water partition coefficient (Wildman–Crippen LogP) is 4.07. The summed E-state index contributed by atoms with van der Waals surface area (Å²) >= 11 is 0. The molecule has 0 saturated carbocycles. The van der Waals surface area contributed by atoms with Crippen molar-refractivity contribution >= 4 is 0 Å². The molecule has 1 nitrogen and oxygen atoms in total. The second-order valence-electron chi connectivity index (χ2n) is 4.16. The highest BCUT2D eigenvalue weighted by atomic mass is 19.4. The zero-order valence-corrected chi connectivity index (χ0v) is 9.96. The van der Waals surface area contributed by atoms with E-state index in [0.717, 1.165) is 12.1 Å². The van der Waals surface area contributed by atoms with Crippen LogP contribution in [0.4, 0.5) is 22.0 Å². The molecule has 0 fully saturated rings. The summed E-state index contributed by atoms with van der Waals surface area (Å²) in [6, 6.07) is 7.22. The van der Waals surface area contributed by atoms with Gasteiger partial charge in [0.05, 0.1) is 5.56 Å². The molecule has 20 heavy (non-hydrogen) atoms. The van der Waals surface area contributed by atoms with Crippen LogP contribution in [-0.4, -0.2) is 5.11 Å². The number of aliphatic hydroxyl groups excluding tert-OH is 1. The number of halogens is 5. The topological polar surface area (TPSA) is 20.2 Å². The molecule has 0 spiro atoms. The van der Waals surface area contributed by atoms with Gasteiger partial charge in [0.25, 0.3) is 0 Å². The van der Waals surface area contributed by atoms with Gasteiger partial charge in [0.2, 0.25) is 0 Å². The molecule has 6 heteroatoms. The zero-order chi connectivity index (χ0) is 14.9. The van der Waals surface area contributed by atoms with Gasteiger partial charge in [-0.1, -0.05) is 24.3 Å². The average Bonchev–Trinajstić information content (AvgIpc) is 2.37. The molecule has 0 saturated heterocycles. The second kappa shape index (κ2) is 5.20. The van der Waals surface area contributed by atoms with Crippen molar-refractivity contribution in [3.05, 3.63) is 70.8 Å². The van der Waals surface area contributed by atoms with E-state index in [-0.39, 0.29) is 11.1 Å². The summed E-state index contributed by atoms with van der Waals surface area (Å²) in [4.78, 5) is 0. The number of hydrogen-bond acceptors (Lipinski definition) is 1. The van der Waals surface area contributed by atoms with Crippen LogP contribution in [-0.2, 0) is 6.18 Å². The quantitative estimate of drug-likeness (QED) is 0.826. The maximum absolute atomic E-state index is 13.5. The standard InChI is InChI=1S/C14H9F5O/c15-11-4-2-1-3-9(11)13(20)8-5-6-12(16)10(7-8)14(17,18)19/h1-7,13,20H. The van der Waals surface area contributed by atoms with E-state index in [9.17, 15) is 27.1 Å². The molecule has 0 aliphatic rings. The molecule has 0 bridgehead atoms. The molecule has 106 valence electrons. The van der Waals surface area contributed by atoms with Crippen LogP contribution >= 0.6 is 0 Å². The van der Waals surface area contributed by atoms with Crippen LogP contribution in [0.15, 0.2) is 42.5 Å². The lowest BCUT2D eigenvalue weighted by Gasteiger charge is -2.15. The third-order valence-electron chi connectivity index (χ3n) is 2.81. The summed E-state index contributed by atoms with van der Waals surface area (Å²) < 4.78 is 64.4. The molecule has 0 aromatic heterocycles. The molecule has 2 rings (SSSR count). The van der Waals surface area contributed by atoms with Crippen LogP contribution in [0.25, 0.3) is 0 Å². The van der Waals surface area contributed by atoms with Gasteiger partial charge in [0, 0.05) is 5.56 Å². The van der Waals surface area contributed by atoms with Crippen molar-refractivity contribution in [3.8, 4) is 0 Å². The van der Waals surface area contributed by atoms with Gasteiger partial charge in [-0.15, -0.1) is 0 Å². The number of alkyl halides is 3. The van der Waals surface area contributed by atoms with E-state index in [1.807, 2.05) is 0 Å². The van der Waals surface area contributed by atoms with Crippen LogP contribution in [0.1, 0.15) is 22.8 Å². The van der Waals surface area contributed by atoms with Crippen molar-refractivity contribution in [1.82, 2.24) is 0 Å². The second-order valence-corrected chi connectivity index (χ2v) is 4.16. The van der Waals surface area contributed by atoms with Gasteiger partial charge in [-0.2, -0.15) is 13.2 Å². The smallest absolute Gasteiger partial charge is 0.384 e. The van der Waals surface area contributed by atoms with Crippen molar-refractivity contribution in [2.45, 2.75) is 12.3 Å². The number of benzene rings is 2. The Morgan fingerprint density at radius 3 is 2.15 bits per heavy atom. The van der Waals surface area contributed by atoms with E-state index < -0.39 is 29.5 Å². The van der Waals surface area contributed by atoms with Crippen molar-refractivity contribution in [1.29, 1.82) is 0 Å². The van der Waals surface area contributed by atoms with E-state index in [4.69, 9.17) is 0 Å². The molecule has 0 radical (unpaired) electrons. The third-order valence-corrected chi connectivity index (χ3v) is 2.81. The first-order chi connectivity index (χ1) is 9.30. The van der Waals surface area contributed by atoms with Crippen molar-refractivity contribution in [3.63, 3.8) is 0 Å². The normalized spacial score (nSPS) is 13.3. The van der Waals surface area contributed by atoms with E-state index in [0.29, 0.717) is 12.1 Å². The first kappa shape index (κ1) is 14.5. The average molecular weight is 288 g/mol. The molecule has 0 amide bonds. The van der Waals surface area contributed by atoms with Gasteiger partial charge < -0.3 is 5.11 Å². The first-order valence-electron chi connectivity index (χ1n) is 5.60. The minimum Gasteiger partial charge on any atom is -0.384 e. The van der Waals surface area contributed by atoms with Crippen LogP contribution in [0.3, 0.4) is 0 Å². The van der Waals surface area contributed by atoms with Crippen LogP contribution in [0, 0.1) is 11.6 Å². The summed E-state index contributed by atoms with van der Waals surface area (Å²) in [5, 5.41) is 9.92. The van der Waals surface area contributed by atoms with Gasteiger partial charge in [0.1, 0.15) is 17.7 Å². The van der Waals surface area contributed by atoms with Gasteiger partial charge in [-0.25, -0.2) is 8.78 Å². The molecule has 1 N–H and O–H groups in total. The van der Waals surface area contributed by atoms with Crippen molar-refractivity contribution < 1.29 is 27.1 Å². The number of hydrogen-bond donors (Lipinski definition) is 1. The fourth-order valence-corrected chi connectivity index (χ4v) is 1.81. The highest BCUT2D eigenvalue weighted by Crippen LogP contribution is 2.34. The van der Waals surface area contributed by atoms with Gasteiger partial charge in [-0.05, 0) is 23.8 Å². The van der Waals surface area contributed by atoms with E-state index in [2.05, 4.69) is 0 Å². The Hall–Kier alpha value is -1.95. The summed E-state index contributed by atoms with van der Waals surface area (Å²) in [7, 11) is 0. The van der Waals surface area contributed by atoms with E-state index in [1.54, 1.807) is 0 Å². The molecule has 2 aromatic rings. The third kappa shape index (κ3) is 2.80. The lowest BCUT2D eigenvalue weighted by atomic mass is 9.99. The molecule has 0 heterocycles. The minimum atomic E-state index is -4.88. The number of rotatable bonds is 2. The van der Waals surface area contributed by atoms with E-state index in [1.165, 1.54) is 18.2 Å². The Bertz CT molecular complexity index is 621. The summed E-state index contributed by atoms with van der Waals surface area (Å²) in [5.74, 6) is -2.19. The monoisotopic (exact) mass is 288 g/mol. The molecule has 1 atom stereocenters. The predicted molar refractivity (Wildman–Crippen MR) is 61.9 cm³/mol. The van der Waals surface area contributed by atoms with Gasteiger partial charge in [-0.3, -0.25) is 0 Å². The number of aliphatic hydroxyl groups is 1. The lowest BCUT2D eigenvalue weighted by molar-refractivity contribution is -0.140. The SMILES string of the molecule is OC(c1ccc(F)c(C(F)(F)F)c1)c1ccccc1F. The fourth-order valence-electron chi connectivity index (χ4n) is 1.81. The highest BCUT2D eigenvalue weighted by molar-refractivity contribution is 5.35. The fraction of sp³-hybridized carbons (Fsp3) is 0.143. The maximum Gasteiger partial charge on any atom is 0.419 e. The molecular formula is C14H9F5O. The Morgan fingerprint density at radius 2 is 1.55 bits per heavy atom. The Labute approximate surface area is 111 Å². The minimum absolute atomic E-state index is 0.174. The molecule has 1 unspecified atom stereocenters. The summed E-state index contributed by atoms with van der Waals surface area (Å²) in [6.07, 6.45) is -6.48. The first-order valence-corrected chi connectivity index (χ1v) is 5.60. The molecule has 2 aromatic carbocycles. The van der Waals surface area contributed by atoms with Crippen molar-refractivity contribution in [2.24, 2.45) is 0 Å².